The molecule has 0 aliphatic carbocycles. The zero-order valence-corrected chi connectivity index (χ0v) is 24.4. The molecule has 3 aromatic carbocycles. The second kappa shape index (κ2) is 11.6. The number of ether oxygens (including phenoxy) is 3. The van der Waals surface area contributed by atoms with Crippen LogP contribution in [-0.2, 0) is 11.4 Å². The van der Waals surface area contributed by atoms with E-state index in [0.29, 0.717) is 43.3 Å². The Morgan fingerprint density at radius 2 is 1.73 bits per heavy atom. The molecule has 0 amide bonds. The first-order valence-electron chi connectivity index (χ1n) is 13.8. The lowest BCUT2D eigenvalue weighted by Crippen LogP contribution is -2.42. The minimum atomic E-state index is -2.57. The molecule has 0 bridgehead atoms. The summed E-state index contributed by atoms with van der Waals surface area (Å²) in [6.45, 7) is 6.60. The van der Waals surface area contributed by atoms with Crippen LogP contribution in [-0.4, -0.2) is 55.6 Å². The summed E-state index contributed by atoms with van der Waals surface area (Å²) in [4.78, 5) is 11.4. The van der Waals surface area contributed by atoms with Gasteiger partial charge in [-0.2, -0.15) is 10.6 Å². The van der Waals surface area contributed by atoms with Crippen molar-refractivity contribution < 1.29 is 38.3 Å². The first-order valence-corrected chi connectivity index (χ1v) is 15.7. The van der Waals surface area contributed by atoms with E-state index in [2.05, 4.69) is 12.1 Å². The van der Waals surface area contributed by atoms with E-state index in [0.717, 1.165) is 33.4 Å². The maximum atomic E-state index is 11.4. The predicted molar refractivity (Wildman–Crippen MR) is 159 cm³/mol. The van der Waals surface area contributed by atoms with E-state index in [-0.39, 0.29) is 24.0 Å². The van der Waals surface area contributed by atoms with Crippen LogP contribution in [0.1, 0.15) is 47.9 Å². The van der Waals surface area contributed by atoms with Gasteiger partial charge in [-0.3, -0.25) is 13.9 Å². The van der Waals surface area contributed by atoms with Crippen LogP contribution in [0.4, 0.5) is 0 Å². The molecule has 0 spiro atoms. The molecular weight excluding hydrogens is 544 g/mol. The maximum Gasteiger partial charge on any atom is 0.306 e. The quantitative estimate of drug-likeness (QED) is 0.228. The van der Waals surface area contributed by atoms with Gasteiger partial charge in [-0.25, -0.2) is 0 Å². The summed E-state index contributed by atoms with van der Waals surface area (Å²) in [5.41, 5.74) is 5.11. The predicted octanol–water partition coefficient (Wildman–Crippen LogP) is 6.40. The maximum absolute atomic E-state index is 11.4. The van der Waals surface area contributed by atoms with Crippen molar-refractivity contribution in [3.05, 3.63) is 76.9 Å². The van der Waals surface area contributed by atoms with Crippen LogP contribution in [0.25, 0.3) is 11.1 Å². The summed E-state index contributed by atoms with van der Waals surface area (Å²) < 4.78 is 37.5. The number of carboxylic acid groups (broad SMARTS) is 1. The SMILES string of the molecule is Cc1cc(OCC2(O)CCS(O)(O)CC2)cc(C)c1-c1cccc(COc2ccc3c(c2)OCC3C(C)C(=O)O)c1. The third kappa shape index (κ3) is 6.64. The number of aryl methyl sites for hydroxylation is 2. The molecule has 5 rings (SSSR count). The molecule has 41 heavy (non-hydrogen) atoms. The minimum absolute atomic E-state index is 0.112. The molecule has 8 nitrogen and oxygen atoms in total. The number of hydrogen-bond donors (Lipinski definition) is 4. The molecule has 0 saturated carbocycles. The number of aliphatic hydroxyl groups is 1. The van der Waals surface area contributed by atoms with Gasteiger partial charge in [0.05, 0.1) is 12.5 Å². The van der Waals surface area contributed by atoms with Crippen molar-refractivity contribution in [3.8, 4) is 28.4 Å². The summed E-state index contributed by atoms with van der Waals surface area (Å²) in [7, 11) is -2.57. The van der Waals surface area contributed by atoms with Crippen LogP contribution in [0.2, 0.25) is 0 Å². The molecule has 0 aromatic heterocycles. The van der Waals surface area contributed by atoms with Gasteiger partial charge in [0.1, 0.15) is 36.1 Å². The van der Waals surface area contributed by atoms with Crippen LogP contribution in [0.3, 0.4) is 0 Å². The van der Waals surface area contributed by atoms with E-state index in [1.807, 2.05) is 56.3 Å². The number of hydrogen-bond acceptors (Lipinski definition) is 7. The van der Waals surface area contributed by atoms with Gasteiger partial charge in [-0.1, -0.05) is 31.2 Å². The Morgan fingerprint density at radius 3 is 2.41 bits per heavy atom. The van der Waals surface area contributed by atoms with Crippen molar-refractivity contribution in [1.29, 1.82) is 0 Å². The third-order valence-corrected chi connectivity index (χ3v) is 9.94. The smallest absolute Gasteiger partial charge is 0.306 e. The summed E-state index contributed by atoms with van der Waals surface area (Å²) in [5.74, 6) is 0.900. The van der Waals surface area contributed by atoms with Crippen LogP contribution >= 0.6 is 10.6 Å². The number of fused-ring (bicyclic) bond motifs is 1. The van der Waals surface area contributed by atoms with Gasteiger partial charge in [0.2, 0.25) is 0 Å². The number of aliphatic carboxylic acids is 1. The van der Waals surface area contributed by atoms with Gasteiger partial charge in [0.15, 0.2) is 0 Å². The van der Waals surface area contributed by atoms with Crippen LogP contribution < -0.4 is 14.2 Å². The van der Waals surface area contributed by atoms with Crippen molar-refractivity contribution in [3.63, 3.8) is 0 Å². The molecule has 1 fully saturated rings. The first kappa shape index (κ1) is 29.3. The lowest BCUT2D eigenvalue weighted by Gasteiger charge is -2.43. The number of rotatable bonds is 9. The van der Waals surface area contributed by atoms with E-state index >= 15 is 0 Å². The summed E-state index contributed by atoms with van der Waals surface area (Å²) >= 11 is 0. The Kier molecular flexibility index (Phi) is 8.25. The largest absolute Gasteiger partial charge is 0.492 e. The van der Waals surface area contributed by atoms with Gasteiger partial charge < -0.3 is 24.4 Å². The number of carbonyl (C=O) groups is 1. The molecule has 2 unspecified atom stereocenters. The molecule has 220 valence electrons. The average Bonchev–Trinajstić information content (AvgIpc) is 3.35. The monoisotopic (exact) mass is 582 g/mol. The average molecular weight is 583 g/mol. The number of benzene rings is 3. The standard InChI is InChI=1S/C32H38O8S/c1-20-13-26(40-19-32(35)9-11-41(36,37)12-10-32)14-21(2)30(20)24-6-4-5-23(15-24)17-38-25-7-8-27-28(22(3)31(33)34)18-39-29(27)16-25/h4-8,13-16,22,28,35-37H,9-12,17-19H2,1-3H3,(H,33,34). The molecule has 2 aliphatic rings. The highest BCUT2D eigenvalue weighted by molar-refractivity contribution is 8.24. The molecule has 2 atom stereocenters. The lowest BCUT2D eigenvalue weighted by atomic mass is 9.89. The highest BCUT2D eigenvalue weighted by Crippen LogP contribution is 2.47. The first-order chi connectivity index (χ1) is 19.4. The fourth-order valence-corrected chi connectivity index (χ4v) is 7.25. The lowest BCUT2D eigenvalue weighted by molar-refractivity contribution is -0.142. The highest BCUT2D eigenvalue weighted by Gasteiger charge is 2.36. The third-order valence-electron chi connectivity index (χ3n) is 8.22. The van der Waals surface area contributed by atoms with E-state index in [1.165, 1.54) is 0 Å². The van der Waals surface area contributed by atoms with Crippen LogP contribution in [0.5, 0.6) is 17.2 Å². The fraction of sp³-hybridized carbons (Fsp3) is 0.406. The van der Waals surface area contributed by atoms with E-state index < -0.39 is 28.1 Å². The van der Waals surface area contributed by atoms with E-state index in [1.54, 1.807) is 6.92 Å². The normalized spacial score (nSPS) is 20.4. The van der Waals surface area contributed by atoms with E-state index in [9.17, 15) is 24.1 Å². The Labute approximate surface area is 242 Å². The van der Waals surface area contributed by atoms with Crippen molar-refractivity contribution in [1.82, 2.24) is 0 Å². The Morgan fingerprint density at radius 1 is 1.02 bits per heavy atom. The fourth-order valence-electron chi connectivity index (χ4n) is 5.63. The van der Waals surface area contributed by atoms with Crippen molar-refractivity contribution in [2.75, 3.05) is 24.7 Å². The molecule has 9 heteroatoms. The molecule has 2 heterocycles. The zero-order valence-electron chi connectivity index (χ0n) is 23.6. The van der Waals surface area contributed by atoms with Gasteiger partial charge >= 0.3 is 5.97 Å². The van der Waals surface area contributed by atoms with Crippen LogP contribution in [0.15, 0.2) is 54.6 Å². The van der Waals surface area contributed by atoms with Crippen molar-refractivity contribution >= 4 is 16.6 Å². The molecule has 1 saturated heterocycles. The van der Waals surface area contributed by atoms with Gasteiger partial charge in [0, 0.05) is 29.1 Å². The molecule has 3 aromatic rings. The zero-order chi connectivity index (χ0) is 29.4. The van der Waals surface area contributed by atoms with Crippen molar-refractivity contribution in [2.45, 2.75) is 51.7 Å². The molecule has 2 aliphatic heterocycles. The highest BCUT2D eigenvalue weighted by atomic mass is 32.3. The van der Waals surface area contributed by atoms with Gasteiger partial charge in [0.25, 0.3) is 0 Å². The second-order valence-electron chi connectivity index (χ2n) is 11.4. The molecule has 0 radical (unpaired) electrons. The van der Waals surface area contributed by atoms with Gasteiger partial charge in [-0.15, -0.1) is 0 Å². The van der Waals surface area contributed by atoms with E-state index in [4.69, 9.17) is 14.2 Å². The Bertz CT molecular complexity index is 1400. The molecular formula is C32H38O8S. The van der Waals surface area contributed by atoms with Crippen molar-refractivity contribution in [2.24, 2.45) is 5.92 Å². The summed E-state index contributed by atoms with van der Waals surface area (Å²) in [6, 6.07) is 17.7. The summed E-state index contributed by atoms with van der Waals surface area (Å²) in [6.07, 6.45) is 0.617. The summed E-state index contributed by atoms with van der Waals surface area (Å²) in [5, 5.41) is 20.2. The number of carboxylic acids is 1. The molecule has 4 N–H and O–H groups in total. The Hall–Kier alpha value is -3.24. The second-order valence-corrected chi connectivity index (χ2v) is 13.8. The van der Waals surface area contributed by atoms with Gasteiger partial charge in [-0.05, 0) is 78.8 Å². The van der Waals surface area contributed by atoms with Crippen LogP contribution in [0, 0.1) is 19.8 Å². The minimum Gasteiger partial charge on any atom is -0.492 e. The topological polar surface area (TPSA) is 126 Å². The Balaban J connectivity index is 1.24.